The molecule has 0 saturated heterocycles. The highest BCUT2D eigenvalue weighted by Gasteiger charge is 2.66. The molecule has 2 unspecified atom stereocenters. The van der Waals surface area contributed by atoms with Crippen molar-refractivity contribution >= 4 is 11.9 Å². The van der Waals surface area contributed by atoms with E-state index in [2.05, 4.69) is 12.2 Å². The third-order valence-electron chi connectivity index (χ3n) is 4.49. The Hall–Kier alpha value is -1.10. The van der Waals surface area contributed by atoms with Crippen molar-refractivity contribution in [3.63, 3.8) is 0 Å². The molecule has 20 heavy (non-hydrogen) atoms. The number of amides is 1. The first-order valence-electron chi connectivity index (χ1n) is 7.47. The second kappa shape index (κ2) is 6.57. The average molecular weight is 285 g/mol. The lowest BCUT2D eigenvalue weighted by molar-refractivity contribution is -0.194. The topological polar surface area (TPSA) is 75.6 Å². The first-order valence-corrected chi connectivity index (χ1v) is 7.47. The normalized spacial score (nSPS) is 27.7. The summed E-state index contributed by atoms with van der Waals surface area (Å²) in [5.74, 6) is -1.15. The van der Waals surface area contributed by atoms with Gasteiger partial charge >= 0.3 is 5.97 Å². The summed E-state index contributed by atoms with van der Waals surface area (Å²) in [5.41, 5.74) is -1.80. The highest BCUT2D eigenvalue weighted by Crippen LogP contribution is 2.51. The number of carbonyl (C=O) groups excluding carboxylic acids is 1. The van der Waals surface area contributed by atoms with Gasteiger partial charge in [0.1, 0.15) is 5.54 Å². The van der Waals surface area contributed by atoms with Gasteiger partial charge in [0.15, 0.2) is 0 Å². The SMILES string of the molecule is CCCCCC(=O)NC1(C(=O)O)CC(OCC)C1(C)C. The van der Waals surface area contributed by atoms with Crippen molar-refractivity contribution < 1.29 is 19.4 Å². The fraction of sp³-hybridized carbons (Fsp3) is 0.867. The van der Waals surface area contributed by atoms with Crippen LogP contribution in [-0.4, -0.2) is 35.2 Å². The van der Waals surface area contributed by atoms with Gasteiger partial charge in [-0.05, 0) is 13.3 Å². The Bertz CT molecular complexity index is 367. The summed E-state index contributed by atoms with van der Waals surface area (Å²) >= 11 is 0. The molecular formula is C15H27NO4. The summed E-state index contributed by atoms with van der Waals surface area (Å²) in [6.07, 6.45) is 3.42. The summed E-state index contributed by atoms with van der Waals surface area (Å²) in [6, 6.07) is 0. The quantitative estimate of drug-likeness (QED) is 0.671. The van der Waals surface area contributed by atoms with Gasteiger partial charge in [0.05, 0.1) is 6.10 Å². The van der Waals surface area contributed by atoms with E-state index in [1.807, 2.05) is 20.8 Å². The van der Waals surface area contributed by atoms with Gasteiger partial charge in [-0.25, -0.2) is 4.79 Å². The maximum atomic E-state index is 12.0. The molecule has 0 aromatic rings. The summed E-state index contributed by atoms with van der Waals surface area (Å²) in [5, 5.41) is 12.3. The van der Waals surface area contributed by atoms with Crippen molar-refractivity contribution in [2.24, 2.45) is 5.41 Å². The molecular weight excluding hydrogens is 258 g/mol. The Balaban J connectivity index is 2.71. The number of rotatable bonds is 8. The number of ether oxygens (including phenoxy) is 1. The Morgan fingerprint density at radius 1 is 1.30 bits per heavy atom. The molecule has 0 radical (unpaired) electrons. The molecule has 1 saturated carbocycles. The van der Waals surface area contributed by atoms with E-state index in [1.165, 1.54) is 0 Å². The van der Waals surface area contributed by atoms with E-state index in [4.69, 9.17) is 4.74 Å². The fourth-order valence-corrected chi connectivity index (χ4v) is 2.87. The summed E-state index contributed by atoms with van der Waals surface area (Å²) < 4.78 is 5.56. The number of hydrogen-bond donors (Lipinski definition) is 2. The summed E-state index contributed by atoms with van der Waals surface area (Å²) in [4.78, 5) is 23.6. The van der Waals surface area contributed by atoms with Gasteiger partial charge in [-0.2, -0.15) is 0 Å². The minimum atomic E-state index is -1.20. The van der Waals surface area contributed by atoms with Gasteiger partial charge in [0, 0.05) is 24.9 Å². The van der Waals surface area contributed by atoms with Gasteiger partial charge in [-0.1, -0.05) is 33.6 Å². The Morgan fingerprint density at radius 3 is 2.40 bits per heavy atom. The number of carbonyl (C=O) groups is 2. The maximum absolute atomic E-state index is 12.0. The molecule has 0 aromatic heterocycles. The summed E-state index contributed by atoms with van der Waals surface area (Å²) in [6.45, 7) is 8.20. The molecule has 5 heteroatoms. The third-order valence-corrected chi connectivity index (χ3v) is 4.49. The predicted octanol–water partition coefficient (Wildman–Crippen LogP) is 2.34. The fourth-order valence-electron chi connectivity index (χ4n) is 2.87. The first-order chi connectivity index (χ1) is 9.31. The minimum absolute atomic E-state index is 0.125. The van der Waals surface area contributed by atoms with Gasteiger partial charge in [-0.15, -0.1) is 0 Å². The first kappa shape index (κ1) is 17.0. The van der Waals surface area contributed by atoms with Gasteiger partial charge in [0.2, 0.25) is 5.91 Å². The Morgan fingerprint density at radius 2 is 1.95 bits per heavy atom. The van der Waals surface area contributed by atoms with E-state index in [0.29, 0.717) is 19.4 Å². The molecule has 0 aromatic carbocycles. The van der Waals surface area contributed by atoms with E-state index >= 15 is 0 Å². The molecule has 1 rings (SSSR count). The zero-order valence-corrected chi connectivity index (χ0v) is 13.0. The van der Waals surface area contributed by atoms with Crippen LogP contribution in [0.3, 0.4) is 0 Å². The van der Waals surface area contributed by atoms with Crippen molar-refractivity contribution in [1.82, 2.24) is 5.32 Å². The molecule has 0 spiro atoms. The molecule has 0 bridgehead atoms. The lowest BCUT2D eigenvalue weighted by atomic mass is 9.54. The van der Waals surface area contributed by atoms with Crippen molar-refractivity contribution in [3.8, 4) is 0 Å². The molecule has 0 aliphatic heterocycles. The van der Waals surface area contributed by atoms with Crippen LogP contribution in [0.4, 0.5) is 0 Å². The smallest absolute Gasteiger partial charge is 0.330 e. The molecule has 1 fully saturated rings. The van der Waals surface area contributed by atoms with E-state index in [0.717, 1.165) is 19.3 Å². The molecule has 0 heterocycles. The largest absolute Gasteiger partial charge is 0.479 e. The Kier molecular flexibility index (Phi) is 5.57. The van der Waals surface area contributed by atoms with Crippen LogP contribution in [0, 0.1) is 5.41 Å². The number of nitrogens with one attached hydrogen (secondary N) is 1. The van der Waals surface area contributed by atoms with Gasteiger partial charge in [0.25, 0.3) is 0 Å². The maximum Gasteiger partial charge on any atom is 0.330 e. The monoisotopic (exact) mass is 285 g/mol. The highest BCUT2D eigenvalue weighted by molar-refractivity contribution is 5.89. The van der Waals surface area contributed by atoms with Crippen LogP contribution in [0.2, 0.25) is 0 Å². The number of carboxylic acid groups (broad SMARTS) is 1. The zero-order chi connectivity index (χ0) is 15.4. The highest BCUT2D eigenvalue weighted by atomic mass is 16.5. The van der Waals surface area contributed by atoms with Gasteiger partial charge < -0.3 is 15.2 Å². The van der Waals surface area contributed by atoms with E-state index in [1.54, 1.807) is 0 Å². The number of hydrogen-bond acceptors (Lipinski definition) is 3. The minimum Gasteiger partial charge on any atom is -0.479 e. The second-order valence-electron chi connectivity index (χ2n) is 6.09. The Labute approximate surface area is 121 Å². The van der Waals surface area contributed by atoms with Crippen LogP contribution in [0.5, 0.6) is 0 Å². The summed E-state index contributed by atoms with van der Waals surface area (Å²) in [7, 11) is 0. The van der Waals surface area contributed by atoms with Crippen LogP contribution in [-0.2, 0) is 14.3 Å². The van der Waals surface area contributed by atoms with E-state index in [9.17, 15) is 14.7 Å². The third kappa shape index (κ3) is 2.97. The number of unbranched alkanes of at least 4 members (excludes halogenated alkanes) is 2. The molecule has 1 aliphatic rings. The van der Waals surface area contributed by atoms with Crippen LogP contribution < -0.4 is 5.32 Å². The van der Waals surface area contributed by atoms with E-state index in [-0.39, 0.29) is 12.0 Å². The van der Waals surface area contributed by atoms with Crippen LogP contribution in [0.25, 0.3) is 0 Å². The van der Waals surface area contributed by atoms with E-state index < -0.39 is 16.9 Å². The van der Waals surface area contributed by atoms with Gasteiger partial charge in [-0.3, -0.25) is 4.79 Å². The van der Waals surface area contributed by atoms with Crippen molar-refractivity contribution in [2.45, 2.75) is 71.4 Å². The van der Waals surface area contributed by atoms with Crippen molar-refractivity contribution in [1.29, 1.82) is 0 Å². The standard InChI is InChI=1S/C15H27NO4/c1-5-7-8-9-12(17)16-15(13(18)19)10-11(20-6-2)14(15,3)4/h11H,5-10H2,1-4H3,(H,16,17)(H,18,19). The predicted molar refractivity (Wildman–Crippen MR) is 76.5 cm³/mol. The molecule has 116 valence electrons. The lowest BCUT2D eigenvalue weighted by Gasteiger charge is -2.58. The molecule has 1 amide bonds. The number of carboxylic acids is 1. The van der Waals surface area contributed by atoms with Crippen molar-refractivity contribution in [2.75, 3.05) is 6.61 Å². The molecule has 1 aliphatic carbocycles. The van der Waals surface area contributed by atoms with Crippen LogP contribution in [0.15, 0.2) is 0 Å². The van der Waals surface area contributed by atoms with Crippen LogP contribution >= 0.6 is 0 Å². The van der Waals surface area contributed by atoms with Crippen molar-refractivity contribution in [3.05, 3.63) is 0 Å². The molecule has 2 atom stereocenters. The lowest BCUT2D eigenvalue weighted by Crippen LogP contribution is -2.76. The zero-order valence-electron chi connectivity index (χ0n) is 13.0. The molecule has 5 nitrogen and oxygen atoms in total. The van der Waals surface area contributed by atoms with Crippen LogP contribution in [0.1, 0.15) is 59.8 Å². The molecule has 2 N–H and O–H groups in total. The average Bonchev–Trinajstić information content (AvgIpc) is 2.37. The second-order valence-corrected chi connectivity index (χ2v) is 6.09. The number of aliphatic carboxylic acids is 1.